The van der Waals surface area contributed by atoms with E-state index in [1.807, 2.05) is 44.2 Å². The number of nitrogens with zero attached hydrogens (tertiary/aromatic N) is 2. The number of hydrazine groups is 1. The molecule has 2 heterocycles. The Morgan fingerprint density at radius 1 is 1.19 bits per heavy atom. The molecule has 140 valence electrons. The van der Waals surface area contributed by atoms with Crippen molar-refractivity contribution >= 4 is 17.7 Å². The second-order valence-electron chi connectivity index (χ2n) is 6.68. The number of benzene rings is 1. The molecule has 8 heteroatoms. The number of carbonyl (C=O) groups excluding carboxylic acids is 2. The first-order valence-electron chi connectivity index (χ1n) is 8.38. The van der Waals surface area contributed by atoms with Crippen LogP contribution in [0, 0.1) is 0 Å². The Morgan fingerprint density at radius 2 is 1.93 bits per heavy atom. The molecule has 0 saturated carbocycles. The number of carboxylic acid groups (broad SMARTS) is 1. The highest BCUT2D eigenvalue weighted by atomic mass is 16.5. The molecule has 0 bridgehead atoms. The van der Waals surface area contributed by atoms with Crippen molar-refractivity contribution in [2.45, 2.75) is 32.5 Å². The van der Waals surface area contributed by atoms with Crippen LogP contribution >= 0.6 is 0 Å². The fourth-order valence-electron chi connectivity index (χ4n) is 2.68. The molecule has 0 radical (unpaired) electrons. The summed E-state index contributed by atoms with van der Waals surface area (Å²) in [5.74, 6) is -1.17. The van der Waals surface area contributed by atoms with E-state index < -0.39 is 11.9 Å². The number of ether oxygens (including phenoxy) is 1. The Morgan fingerprint density at radius 3 is 2.63 bits per heavy atom. The number of carbonyl (C=O) groups is 2. The summed E-state index contributed by atoms with van der Waals surface area (Å²) < 4.78 is 5.83. The molecule has 1 aromatic carbocycles. The van der Waals surface area contributed by atoms with Crippen molar-refractivity contribution in [3.05, 3.63) is 53.7 Å². The second-order valence-corrected chi connectivity index (χ2v) is 6.68. The van der Waals surface area contributed by atoms with Gasteiger partial charge in [0.25, 0.3) is 5.91 Å². The number of anilines is 1. The maximum Gasteiger partial charge on any atom is 0.262 e. The predicted molar refractivity (Wildman–Crippen MR) is 96.0 cm³/mol. The standard InChI is InChI=1S/C19H20N4O4/c1-19(2)10-14-13(11-27-19)18(23-22-15(24)8-9-16(25)26)21-17(20-14)12-6-4-3-5-7-12/h3-9H,10-11H2,1-2H3,(H,22,24)(H,25,26)(H,20,21,23)/p-1/b9-8+. The van der Waals surface area contributed by atoms with E-state index in [1.165, 1.54) is 0 Å². The Balaban J connectivity index is 1.92. The van der Waals surface area contributed by atoms with Gasteiger partial charge in [0.1, 0.15) is 0 Å². The average Bonchev–Trinajstić information content (AvgIpc) is 2.63. The van der Waals surface area contributed by atoms with Gasteiger partial charge in [-0.2, -0.15) is 0 Å². The molecule has 0 atom stereocenters. The summed E-state index contributed by atoms with van der Waals surface area (Å²) in [5, 5.41) is 10.4. The zero-order valence-corrected chi connectivity index (χ0v) is 15.0. The van der Waals surface area contributed by atoms with Gasteiger partial charge < -0.3 is 14.6 Å². The highest BCUT2D eigenvalue weighted by molar-refractivity contribution is 5.93. The molecule has 3 rings (SSSR count). The van der Waals surface area contributed by atoms with E-state index in [4.69, 9.17) is 4.74 Å². The lowest BCUT2D eigenvalue weighted by Gasteiger charge is -2.32. The molecule has 27 heavy (non-hydrogen) atoms. The zero-order chi connectivity index (χ0) is 19.4. The van der Waals surface area contributed by atoms with Crippen LogP contribution in [0.1, 0.15) is 25.1 Å². The fourth-order valence-corrected chi connectivity index (χ4v) is 2.68. The van der Waals surface area contributed by atoms with E-state index >= 15 is 0 Å². The smallest absolute Gasteiger partial charge is 0.262 e. The van der Waals surface area contributed by atoms with Crippen molar-refractivity contribution in [1.29, 1.82) is 0 Å². The first-order valence-corrected chi connectivity index (χ1v) is 8.38. The summed E-state index contributed by atoms with van der Waals surface area (Å²) in [7, 11) is 0. The molecule has 8 nitrogen and oxygen atoms in total. The third-order valence-corrected chi connectivity index (χ3v) is 4.00. The van der Waals surface area contributed by atoms with Gasteiger partial charge in [0.05, 0.1) is 23.9 Å². The average molecular weight is 367 g/mol. The van der Waals surface area contributed by atoms with E-state index in [0.29, 0.717) is 30.7 Å². The van der Waals surface area contributed by atoms with Gasteiger partial charge in [-0.1, -0.05) is 30.3 Å². The largest absolute Gasteiger partial charge is 0.545 e. The van der Waals surface area contributed by atoms with Crippen molar-refractivity contribution in [2.24, 2.45) is 0 Å². The lowest BCUT2D eigenvalue weighted by atomic mass is 9.96. The van der Waals surface area contributed by atoms with E-state index in [9.17, 15) is 14.7 Å². The topological polar surface area (TPSA) is 116 Å². The summed E-state index contributed by atoms with van der Waals surface area (Å²) in [6.07, 6.45) is 2.10. The van der Waals surface area contributed by atoms with Gasteiger partial charge >= 0.3 is 0 Å². The lowest BCUT2D eigenvalue weighted by Crippen LogP contribution is -2.35. The number of fused-ring (bicyclic) bond motifs is 1. The predicted octanol–water partition coefficient (Wildman–Crippen LogP) is 0.744. The highest BCUT2D eigenvalue weighted by Crippen LogP contribution is 2.31. The van der Waals surface area contributed by atoms with Gasteiger partial charge in [0.2, 0.25) is 0 Å². The van der Waals surface area contributed by atoms with Crippen LogP contribution in [-0.4, -0.2) is 27.4 Å². The van der Waals surface area contributed by atoms with Crippen LogP contribution in [0.2, 0.25) is 0 Å². The van der Waals surface area contributed by atoms with Gasteiger partial charge in [0.15, 0.2) is 11.6 Å². The summed E-state index contributed by atoms with van der Waals surface area (Å²) in [6, 6.07) is 9.49. The van der Waals surface area contributed by atoms with E-state index in [-0.39, 0.29) is 5.60 Å². The van der Waals surface area contributed by atoms with Gasteiger partial charge in [-0.05, 0) is 19.9 Å². The number of aliphatic carboxylic acids is 1. The monoisotopic (exact) mass is 367 g/mol. The number of amides is 1. The van der Waals surface area contributed by atoms with Crippen LogP contribution in [0.25, 0.3) is 11.4 Å². The van der Waals surface area contributed by atoms with Crippen LogP contribution in [0.5, 0.6) is 0 Å². The van der Waals surface area contributed by atoms with E-state index in [2.05, 4.69) is 20.8 Å². The van der Waals surface area contributed by atoms with Crippen LogP contribution in [0.4, 0.5) is 5.82 Å². The van der Waals surface area contributed by atoms with E-state index in [0.717, 1.165) is 22.9 Å². The van der Waals surface area contributed by atoms with Crippen molar-refractivity contribution < 1.29 is 19.4 Å². The quantitative estimate of drug-likeness (QED) is 0.591. The van der Waals surface area contributed by atoms with Crippen LogP contribution in [0.3, 0.4) is 0 Å². The van der Waals surface area contributed by atoms with Crippen molar-refractivity contribution in [1.82, 2.24) is 15.4 Å². The summed E-state index contributed by atoms with van der Waals surface area (Å²) in [5.41, 5.74) is 7.20. The maximum absolute atomic E-state index is 11.7. The van der Waals surface area contributed by atoms with Gasteiger partial charge in [-0.3, -0.25) is 15.6 Å². The minimum Gasteiger partial charge on any atom is -0.545 e. The molecule has 1 aliphatic heterocycles. The molecule has 1 aliphatic rings. The highest BCUT2D eigenvalue weighted by Gasteiger charge is 2.30. The Kier molecular flexibility index (Phi) is 5.18. The number of aromatic nitrogens is 2. The van der Waals surface area contributed by atoms with Crippen molar-refractivity contribution in [2.75, 3.05) is 5.43 Å². The number of hydrogen-bond acceptors (Lipinski definition) is 7. The summed E-state index contributed by atoms with van der Waals surface area (Å²) >= 11 is 0. The van der Waals surface area contributed by atoms with Crippen LogP contribution in [-0.2, 0) is 27.4 Å². The second kappa shape index (κ2) is 7.55. The summed E-state index contributed by atoms with van der Waals surface area (Å²) in [4.78, 5) is 31.3. The number of rotatable bonds is 5. The number of hydrogen-bond donors (Lipinski definition) is 2. The molecular formula is C19H19N4O4-. The van der Waals surface area contributed by atoms with Crippen molar-refractivity contribution in [3.8, 4) is 11.4 Å². The molecule has 0 spiro atoms. The van der Waals surface area contributed by atoms with Crippen molar-refractivity contribution in [3.63, 3.8) is 0 Å². The molecular weight excluding hydrogens is 348 g/mol. The van der Waals surface area contributed by atoms with Gasteiger partial charge in [-0.15, -0.1) is 0 Å². The molecule has 0 aliphatic carbocycles. The molecule has 1 aromatic heterocycles. The molecule has 0 fully saturated rings. The SMILES string of the molecule is CC1(C)Cc2nc(-c3ccccc3)nc(NNC(=O)/C=C/C(=O)[O-])c2CO1. The minimum atomic E-state index is -1.45. The zero-order valence-electron chi connectivity index (χ0n) is 15.0. The fraction of sp³-hybridized carbons (Fsp3) is 0.263. The number of nitrogens with one attached hydrogen (secondary N) is 2. The molecule has 0 saturated heterocycles. The molecule has 1 amide bonds. The van der Waals surface area contributed by atoms with Gasteiger partial charge in [-0.25, -0.2) is 9.97 Å². The third kappa shape index (κ3) is 4.68. The molecule has 0 unspecified atom stereocenters. The van der Waals surface area contributed by atoms with E-state index in [1.54, 1.807) is 0 Å². The summed E-state index contributed by atoms with van der Waals surface area (Å²) in [6.45, 7) is 4.27. The molecule has 2 aromatic rings. The Bertz CT molecular complexity index is 894. The normalized spacial score (nSPS) is 15.2. The lowest BCUT2D eigenvalue weighted by molar-refractivity contribution is -0.297. The molecule has 2 N–H and O–H groups in total. The Labute approximate surface area is 156 Å². The van der Waals surface area contributed by atoms with Gasteiger partial charge in [0, 0.05) is 23.6 Å². The minimum absolute atomic E-state index is 0.296. The third-order valence-electron chi connectivity index (χ3n) is 4.00. The number of carboxylic acids is 1. The first kappa shape index (κ1) is 18.5. The van der Waals surface area contributed by atoms with Crippen LogP contribution < -0.4 is 16.0 Å². The maximum atomic E-state index is 11.7. The Hall–Kier alpha value is -3.26. The van der Waals surface area contributed by atoms with Crippen LogP contribution in [0.15, 0.2) is 42.5 Å². The first-order chi connectivity index (χ1) is 12.8.